The number of rotatable bonds is 73. The van der Waals surface area contributed by atoms with Crippen molar-refractivity contribution >= 4 is 39.5 Å². The highest BCUT2D eigenvalue weighted by atomic mass is 31.2. The number of aliphatic hydroxyl groups excluding tert-OH is 1. The van der Waals surface area contributed by atoms with Gasteiger partial charge in [-0.3, -0.25) is 37.3 Å². The van der Waals surface area contributed by atoms with Crippen molar-refractivity contribution in [3.63, 3.8) is 0 Å². The van der Waals surface area contributed by atoms with E-state index in [-0.39, 0.29) is 25.7 Å². The lowest BCUT2D eigenvalue weighted by molar-refractivity contribution is -0.161. The van der Waals surface area contributed by atoms with Crippen molar-refractivity contribution in [1.29, 1.82) is 0 Å². The summed E-state index contributed by atoms with van der Waals surface area (Å²) in [5.41, 5.74) is 0. The number of unbranched alkanes of at least 4 members (excludes halogenated alkanes) is 40. The molecule has 0 heterocycles. The Morgan fingerprint density at radius 2 is 0.543 bits per heavy atom. The molecule has 0 aromatic heterocycles. The molecule has 0 bridgehead atoms. The van der Waals surface area contributed by atoms with Crippen LogP contribution in [0.3, 0.4) is 0 Å². The van der Waals surface area contributed by atoms with Crippen LogP contribution >= 0.6 is 15.6 Å². The van der Waals surface area contributed by atoms with Gasteiger partial charge in [-0.2, -0.15) is 0 Å². The Balaban J connectivity index is 5.19. The average molecular weight is 1380 g/mol. The molecule has 0 fully saturated rings. The Hall–Kier alpha value is -1.94. The lowest BCUT2D eigenvalue weighted by Gasteiger charge is -2.21. The minimum absolute atomic E-state index is 0.104. The van der Waals surface area contributed by atoms with Crippen LogP contribution in [0, 0.1) is 17.8 Å². The van der Waals surface area contributed by atoms with Crippen molar-refractivity contribution < 1.29 is 80.2 Å². The van der Waals surface area contributed by atoms with E-state index in [0.717, 1.165) is 108 Å². The van der Waals surface area contributed by atoms with Crippen molar-refractivity contribution in [3.05, 3.63) is 0 Å². The van der Waals surface area contributed by atoms with E-state index in [1.54, 1.807) is 0 Å². The molecule has 0 aliphatic heterocycles. The molecule has 6 atom stereocenters. The summed E-state index contributed by atoms with van der Waals surface area (Å²) in [7, 11) is -9.91. The maximum Gasteiger partial charge on any atom is 0.472 e. The van der Waals surface area contributed by atoms with Crippen LogP contribution in [0.4, 0.5) is 0 Å². The second-order valence-electron chi connectivity index (χ2n) is 28.2. The van der Waals surface area contributed by atoms with Crippen molar-refractivity contribution in [3.8, 4) is 0 Å². The van der Waals surface area contributed by atoms with Gasteiger partial charge in [0.1, 0.15) is 19.3 Å². The van der Waals surface area contributed by atoms with Gasteiger partial charge in [0, 0.05) is 25.7 Å². The summed E-state index contributed by atoms with van der Waals surface area (Å²) in [6.07, 6.45) is 51.6. The van der Waals surface area contributed by atoms with Gasteiger partial charge in [-0.05, 0) is 43.4 Å². The van der Waals surface area contributed by atoms with Crippen LogP contribution in [0.2, 0.25) is 0 Å². The topological polar surface area (TPSA) is 237 Å². The number of phosphoric ester groups is 2. The normalized spacial score (nSPS) is 14.4. The number of hydrogen-bond donors (Lipinski definition) is 3. The van der Waals surface area contributed by atoms with Crippen LogP contribution in [0.5, 0.6) is 0 Å². The largest absolute Gasteiger partial charge is 0.472 e. The SMILES string of the molecule is CCCCCCCCCCCCCCCCCCCCCCCC(=O)O[C@H](COC(=O)CCCCCCCCCCC(C)CC)COP(=O)(O)OC[C@@H](O)COP(=O)(O)OC[C@@H](COC(=O)CCCCCCCCCC(C)C)OC(=O)CCCCCCCCCCC(C)C. The van der Waals surface area contributed by atoms with E-state index >= 15 is 0 Å². The van der Waals surface area contributed by atoms with Crippen LogP contribution in [0.25, 0.3) is 0 Å². The number of phosphoric acid groups is 2. The molecule has 0 saturated carbocycles. The zero-order chi connectivity index (χ0) is 69.4. The summed E-state index contributed by atoms with van der Waals surface area (Å²) in [5, 5.41) is 10.6. The van der Waals surface area contributed by atoms with Crippen LogP contribution in [-0.2, 0) is 65.4 Å². The molecule has 0 rings (SSSR count). The summed E-state index contributed by atoms with van der Waals surface area (Å²) >= 11 is 0. The summed E-state index contributed by atoms with van der Waals surface area (Å²) in [6.45, 7) is 11.8. The highest BCUT2D eigenvalue weighted by molar-refractivity contribution is 7.47. The van der Waals surface area contributed by atoms with Gasteiger partial charge in [-0.1, -0.05) is 331 Å². The number of hydrogen-bond acceptors (Lipinski definition) is 15. The molecule has 558 valence electrons. The Labute approximate surface area is 575 Å². The Morgan fingerprint density at radius 1 is 0.309 bits per heavy atom. The van der Waals surface area contributed by atoms with Gasteiger partial charge in [0.2, 0.25) is 0 Å². The first-order valence-electron chi connectivity index (χ1n) is 38.9. The summed E-state index contributed by atoms with van der Waals surface area (Å²) < 4.78 is 68.4. The second-order valence-corrected chi connectivity index (χ2v) is 31.1. The van der Waals surface area contributed by atoms with E-state index in [0.29, 0.717) is 31.6 Å². The molecular formula is C75H146O17P2. The fourth-order valence-corrected chi connectivity index (χ4v) is 13.0. The van der Waals surface area contributed by atoms with Gasteiger partial charge in [-0.25, -0.2) is 9.13 Å². The molecule has 0 aromatic carbocycles. The molecule has 0 radical (unpaired) electrons. The van der Waals surface area contributed by atoms with Gasteiger partial charge in [0.15, 0.2) is 12.2 Å². The predicted octanol–water partition coefficient (Wildman–Crippen LogP) is 21.8. The highest BCUT2D eigenvalue weighted by Crippen LogP contribution is 2.45. The first kappa shape index (κ1) is 92.1. The maximum absolute atomic E-state index is 13.1. The Kier molecular flexibility index (Phi) is 64.3. The zero-order valence-corrected chi connectivity index (χ0v) is 63.2. The molecule has 0 amide bonds. The molecule has 3 unspecified atom stereocenters. The molecule has 17 nitrogen and oxygen atoms in total. The molecule has 3 N–H and O–H groups in total. The fourth-order valence-electron chi connectivity index (χ4n) is 11.4. The van der Waals surface area contributed by atoms with Crippen molar-refractivity contribution in [1.82, 2.24) is 0 Å². The van der Waals surface area contributed by atoms with Gasteiger partial charge in [-0.15, -0.1) is 0 Å². The zero-order valence-electron chi connectivity index (χ0n) is 61.4. The number of aliphatic hydroxyl groups is 1. The van der Waals surface area contributed by atoms with Crippen LogP contribution in [0.15, 0.2) is 0 Å². The third-order valence-corrected chi connectivity index (χ3v) is 19.6. The van der Waals surface area contributed by atoms with Crippen LogP contribution in [-0.4, -0.2) is 96.7 Å². The third-order valence-electron chi connectivity index (χ3n) is 17.7. The standard InChI is InChI=1S/C75H146O17P2/c1-8-10-11-12-13-14-15-16-17-18-19-20-21-22-23-24-25-26-36-44-51-58-74(79)91-70(62-85-72(77)56-49-42-35-30-28-34-41-48-55-68(7)9-2)64-89-93(81,82)87-60-69(76)61-88-94(83,84)90-65-71(63-86-73(78)57-50-43-38-31-33-40-47-54-67(5)6)92-75(80)59-52-45-37-29-27-32-39-46-53-66(3)4/h66-71,76H,8-65H2,1-7H3,(H,81,82)(H,83,84)/t68?,69-,70-,71-/m1/s1. The molecule has 19 heteroatoms. The van der Waals surface area contributed by atoms with Crippen molar-refractivity contribution in [2.45, 2.75) is 401 Å². The maximum atomic E-state index is 13.1. The Bertz CT molecular complexity index is 1840. The number of carbonyl (C=O) groups is 4. The van der Waals surface area contributed by atoms with E-state index in [4.69, 9.17) is 37.0 Å². The lowest BCUT2D eigenvalue weighted by Crippen LogP contribution is -2.30. The third kappa shape index (κ3) is 67.3. The van der Waals surface area contributed by atoms with Crippen molar-refractivity contribution in [2.24, 2.45) is 17.8 Å². The number of ether oxygens (including phenoxy) is 4. The quantitative estimate of drug-likeness (QED) is 0.0222. The van der Waals surface area contributed by atoms with E-state index in [1.165, 1.54) is 186 Å². The predicted molar refractivity (Wildman–Crippen MR) is 381 cm³/mol. The molecule has 0 aliphatic carbocycles. The fraction of sp³-hybridized carbons (Fsp3) is 0.947. The van der Waals surface area contributed by atoms with Crippen LogP contribution < -0.4 is 0 Å². The smallest absolute Gasteiger partial charge is 0.462 e. The summed E-state index contributed by atoms with van der Waals surface area (Å²) in [5.74, 6) is 0.0763. The van der Waals surface area contributed by atoms with Gasteiger partial charge in [0.25, 0.3) is 0 Å². The van der Waals surface area contributed by atoms with Gasteiger partial charge < -0.3 is 33.8 Å². The first-order chi connectivity index (χ1) is 45.3. The molecule has 0 saturated heterocycles. The molecule has 0 spiro atoms. The van der Waals surface area contributed by atoms with Gasteiger partial charge in [0.05, 0.1) is 26.4 Å². The van der Waals surface area contributed by atoms with Gasteiger partial charge >= 0.3 is 39.5 Å². The minimum atomic E-state index is -4.96. The van der Waals surface area contributed by atoms with Crippen molar-refractivity contribution in [2.75, 3.05) is 39.6 Å². The molecule has 0 aliphatic rings. The summed E-state index contributed by atoms with van der Waals surface area (Å²) in [4.78, 5) is 72.7. The number of esters is 4. The minimum Gasteiger partial charge on any atom is -0.462 e. The summed E-state index contributed by atoms with van der Waals surface area (Å²) in [6, 6.07) is 0. The average Bonchev–Trinajstić information content (AvgIpc) is 2.04. The second kappa shape index (κ2) is 65.7. The van der Waals surface area contributed by atoms with Crippen LogP contribution in [0.1, 0.15) is 382 Å². The molecule has 94 heavy (non-hydrogen) atoms. The van der Waals surface area contributed by atoms with E-state index in [9.17, 15) is 43.2 Å². The molecule has 0 aromatic rings. The van der Waals surface area contributed by atoms with E-state index in [2.05, 4.69) is 48.5 Å². The monoisotopic (exact) mass is 1380 g/mol. The first-order valence-corrected chi connectivity index (χ1v) is 41.9. The highest BCUT2D eigenvalue weighted by Gasteiger charge is 2.30. The number of carbonyl (C=O) groups excluding carboxylic acids is 4. The Morgan fingerprint density at radius 3 is 0.809 bits per heavy atom. The van der Waals surface area contributed by atoms with E-state index < -0.39 is 97.5 Å². The molecular weight excluding hydrogens is 1230 g/mol. The van der Waals surface area contributed by atoms with E-state index in [1.807, 2.05) is 0 Å². The lowest BCUT2D eigenvalue weighted by atomic mass is 9.99.